The lowest BCUT2D eigenvalue weighted by Gasteiger charge is -2.15. The standard InChI is InChI=1S/C28H19IN6O/c1-17-13-21(23-6-4-3-5-20(23)16-31)14-18(2)26(17)36-27-25-24(11-12-35(25)29)33-28(34-27)32-22-9-7-19(15-30)8-10-22/h3-14H,1-2H3,(H,32,33,34). The van der Waals surface area contributed by atoms with Crippen molar-refractivity contribution in [2.75, 3.05) is 5.32 Å². The molecule has 36 heavy (non-hydrogen) atoms. The van der Waals surface area contributed by atoms with Gasteiger partial charge in [0.05, 0.1) is 51.6 Å². The zero-order chi connectivity index (χ0) is 25.2. The summed E-state index contributed by atoms with van der Waals surface area (Å²) in [5.41, 5.74) is 7.17. The van der Waals surface area contributed by atoms with Gasteiger partial charge in [0.2, 0.25) is 11.8 Å². The first-order chi connectivity index (χ1) is 17.5. The summed E-state index contributed by atoms with van der Waals surface area (Å²) in [6.45, 7) is 3.97. The smallest absolute Gasteiger partial charge is 0.249 e. The summed E-state index contributed by atoms with van der Waals surface area (Å²) >= 11 is 2.18. The van der Waals surface area contributed by atoms with Crippen LogP contribution in [0.5, 0.6) is 11.6 Å². The maximum atomic E-state index is 9.52. The van der Waals surface area contributed by atoms with Crippen molar-refractivity contribution in [3.8, 4) is 34.9 Å². The lowest BCUT2D eigenvalue weighted by atomic mass is 9.96. The number of hydrogen-bond acceptors (Lipinski definition) is 6. The minimum absolute atomic E-state index is 0.389. The summed E-state index contributed by atoms with van der Waals surface area (Å²) in [6, 6.07) is 25.0. The van der Waals surface area contributed by atoms with Crippen molar-refractivity contribution in [3.63, 3.8) is 0 Å². The summed E-state index contributed by atoms with van der Waals surface area (Å²) in [6.07, 6.45) is 1.90. The van der Waals surface area contributed by atoms with E-state index in [1.807, 2.05) is 77.4 Å². The molecule has 3 aromatic carbocycles. The molecule has 0 spiro atoms. The van der Waals surface area contributed by atoms with E-state index in [0.717, 1.165) is 39.0 Å². The number of benzene rings is 3. The summed E-state index contributed by atoms with van der Waals surface area (Å²) in [4.78, 5) is 9.31. The van der Waals surface area contributed by atoms with Gasteiger partial charge in [-0.15, -0.1) is 0 Å². The minimum Gasteiger partial charge on any atom is -0.436 e. The average Bonchev–Trinajstić information content (AvgIpc) is 3.27. The Morgan fingerprint density at radius 3 is 2.33 bits per heavy atom. The third-order valence-corrected chi connectivity index (χ3v) is 6.55. The highest BCUT2D eigenvalue weighted by Gasteiger charge is 2.17. The van der Waals surface area contributed by atoms with E-state index in [0.29, 0.717) is 28.7 Å². The van der Waals surface area contributed by atoms with Crippen molar-refractivity contribution in [1.29, 1.82) is 10.5 Å². The molecule has 0 bridgehead atoms. The summed E-state index contributed by atoms with van der Waals surface area (Å²) < 4.78 is 8.33. The zero-order valence-electron chi connectivity index (χ0n) is 19.5. The van der Waals surface area contributed by atoms with E-state index in [-0.39, 0.29) is 0 Å². The van der Waals surface area contributed by atoms with Gasteiger partial charge < -0.3 is 10.1 Å². The zero-order valence-corrected chi connectivity index (χ0v) is 21.6. The maximum Gasteiger partial charge on any atom is 0.249 e. The van der Waals surface area contributed by atoms with Gasteiger partial charge in [-0.3, -0.25) is 2.78 Å². The predicted molar refractivity (Wildman–Crippen MR) is 148 cm³/mol. The second kappa shape index (κ2) is 9.68. The van der Waals surface area contributed by atoms with Crippen LogP contribution in [0.15, 0.2) is 72.9 Å². The van der Waals surface area contributed by atoms with Gasteiger partial charge in [0.15, 0.2) is 0 Å². The largest absolute Gasteiger partial charge is 0.436 e. The third-order valence-electron chi connectivity index (χ3n) is 5.74. The molecule has 0 aliphatic rings. The molecule has 0 aliphatic carbocycles. The quantitative estimate of drug-likeness (QED) is 0.220. The SMILES string of the molecule is Cc1cc(-c2ccccc2C#N)cc(C)c1Oc1nc(Nc2ccc(C#N)cc2)nc2ccn(I)c12. The number of anilines is 2. The number of rotatable bonds is 5. The first kappa shape index (κ1) is 23.3. The van der Waals surface area contributed by atoms with Gasteiger partial charge >= 0.3 is 0 Å². The average molecular weight is 582 g/mol. The molecule has 174 valence electrons. The van der Waals surface area contributed by atoms with Gasteiger partial charge in [-0.1, -0.05) is 18.2 Å². The third kappa shape index (κ3) is 4.47. The summed E-state index contributed by atoms with van der Waals surface area (Å²) in [7, 11) is 0. The van der Waals surface area contributed by atoms with Crippen molar-refractivity contribution in [2.45, 2.75) is 13.8 Å². The molecule has 0 unspecified atom stereocenters. The van der Waals surface area contributed by atoms with Gasteiger partial charge in [0.1, 0.15) is 11.3 Å². The van der Waals surface area contributed by atoms with E-state index < -0.39 is 0 Å². The molecule has 0 saturated heterocycles. The Morgan fingerprint density at radius 1 is 0.917 bits per heavy atom. The van der Waals surface area contributed by atoms with E-state index in [9.17, 15) is 5.26 Å². The molecule has 0 fully saturated rings. The van der Waals surface area contributed by atoms with Crippen LogP contribution in [0.25, 0.3) is 22.2 Å². The van der Waals surface area contributed by atoms with Gasteiger partial charge in [0.25, 0.3) is 0 Å². The Balaban J connectivity index is 1.54. The fourth-order valence-electron chi connectivity index (χ4n) is 4.06. The van der Waals surface area contributed by atoms with Crippen LogP contribution in [0, 0.1) is 36.5 Å². The van der Waals surface area contributed by atoms with Crippen LogP contribution < -0.4 is 10.1 Å². The summed E-state index contributed by atoms with van der Waals surface area (Å²) in [5.74, 6) is 1.52. The predicted octanol–water partition coefficient (Wildman–Crippen LogP) is 7.19. The van der Waals surface area contributed by atoms with Crippen LogP contribution in [-0.4, -0.2) is 12.7 Å². The van der Waals surface area contributed by atoms with E-state index in [4.69, 9.17) is 10.00 Å². The Hall–Kier alpha value is -4.41. The number of fused-ring (bicyclic) bond motifs is 1. The number of ether oxygens (including phenoxy) is 1. The number of halogens is 1. The number of nitriles is 2. The molecule has 0 saturated carbocycles. The molecule has 7 nitrogen and oxygen atoms in total. The lowest BCUT2D eigenvalue weighted by molar-refractivity contribution is 0.461. The molecule has 2 aromatic heterocycles. The number of hydrogen-bond donors (Lipinski definition) is 1. The fraction of sp³-hybridized carbons (Fsp3) is 0.0714. The molecule has 0 amide bonds. The van der Waals surface area contributed by atoms with E-state index in [1.165, 1.54) is 0 Å². The molecule has 8 heteroatoms. The van der Waals surface area contributed by atoms with Crippen LogP contribution in [0.3, 0.4) is 0 Å². The van der Waals surface area contributed by atoms with Crippen LogP contribution in [0.4, 0.5) is 11.6 Å². The molecular weight excluding hydrogens is 563 g/mol. The molecule has 2 heterocycles. The fourth-order valence-corrected chi connectivity index (χ4v) is 4.67. The molecule has 1 N–H and O–H groups in total. The van der Waals surface area contributed by atoms with Crippen molar-refractivity contribution >= 4 is 45.5 Å². The van der Waals surface area contributed by atoms with E-state index in [1.54, 1.807) is 12.1 Å². The van der Waals surface area contributed by atoms with E-state index >= 15 is 0 Å². The molecule has 5 rings (SSSR count). The van der Waals surface area contributed by atoms with Crippen molar-refractivity contribution < 1.29 is 4.74 Å². The first-order valence-electron chi connectivity index (χ1n) is 11.1. The van der Waals surface area contributed by atoms with Crippen molar-refractivity contribution in [2.24, 2.45) is 0 Å². The Kier molecular flexibility index (Phi) is 6.28. The van der Waals surface area contributed by atoms with Crippen molar-refractivity contribution in [3.05, 3.63) is 95.2 Å². The Bertz CT molecular complexity index is 1670. The van der Waals surface area contributed by atoms with Crippen LogP contribution >= 0.6 is 22.9 Å². The monoisotopic (exact) mass is 582 g/mol. The number of nitrogens with zero attached hydrogens (tertiary/aromatic N) is 5. The number of nitrogens with one attached hydrogen (secondary N) is 1. The van der Waals surface area contributed by atoms with Gasteiger partial charge in [-0.2, -0.15) is 15.5 Å². The molecule has 0 aliphatic heterocycles. The minimum atomic E-state index is 0.389. The second-order valence-corrected chi connectivity index (χ2v) is 9.27. The van der Waals surface area contributed by atoms with Crippen LogP contribution in [-0.2, 0) is 0 Å². The molecule has 0 atom stereocenters. The van der Waals surface area contributed by atoms with E-state index in [2.05, 4.69) is 50.3 Å². The molecular formula is C28H19IN6O. The lowest BCUT2D eigenvalue weighted by Crippen LogP contribution is -2.02. The normalized spacial score (nSPS) is 10.6. The van der Waals surface area contributed by atoms with Gasteiger partial charge in [-0.25, -0.2) is 4.98 Å². The van der Waals surface area contributed by atoms with Crippen LogP contribution in [0.1, 0.15) is 22.3 Å². The maximum absolute atomic E-state index is 9.52. The number of aryl methyl sites for hydroxylation is 2. The van der Waals surface area contributed by atoms with Gasteiger partial charge in [0, 0.05) is 11.9 Å². The van der Waals surface area contributed by atoms with Gasteiger partial charge in [-0.05, 0) is 84.6 Å². The Labute approximate surface area is 222 Å². The first-order valence-corrected chi connectivity index (χ1v) is 12.0. The summed E-state index contributed by atoms with van der Waals surface area (Å²) in [5, 5.41) is 21.8. The highest BCUT2D eigenvalue weighted by molar-refractivity contribution is 14.1. The Morgan fingerprint density at radius 2 is 1.64 bits per heavy atom. The number of aromatic nitrogens is 3. The van der Waals surface area contributed by atoms with Crippen molar-refractivity contribution in [1.82, 2.24) is 12.7 Å². The molecule has 5 aromatic rings. The van der Waals surface area contributed by atoms with Crippen LogP contribution in [0.2, 0.25) is 0 Å². The highest BCUT2D eigenvalue weighted by atomic mass is 127. The topological polar surface area (TPSA) is 99.5 Å². The highest BCUT2D eigenvalue weighted by Crippen LogP contribution is 2.37. The molecule has 0 radical (unpaired) electrons. The second-order valence-electron chi connectivity index (χ2n) is 8.23.